The van der Waals surface area contributed by atoms with Crippen molar-refractivity contribution in [2.24, 2.45) is 10.2 Å². The third-order valence-electron chi connectivity index (χ3n) is 5.95. The normalized spacial score (nSPS) is 10.9. The highest BCUT2D eigenvalue weighted by atomic mass is 35.5. The number of carbonyl (C=O) groups excluding carboxylic acids is 2. The first-order valence-corrected chi connectivity index (χ1v) is 12.8. The first-order valence-electron chi connectivity index (χ1n) is 12.4. The van der Waals surface area contributed by atoms with Gasteiger partial charge in [0, 0.05) is 27.9 Å². The lowest BCUT2D eigenvalue weighted by Crippen LogP contribution is -2.22. The van der Waals surface area contributed by atoms with Crippen LogP contribution in [-0.2, 0) is 4.79 Å². The lowest BCUT2D eigenvalue weighted by atomic mass is 10.1. The first-order chi connectivity index (χ1) is 19.5. The highest BCUT2D eigenvalue weighted by molar-refractivity contribution is 6.30. The van der Waals surface area contributed by atoms with Gasteiger partial charge < -0.3 is 10.1 Å². The number of nitrogens with one attached hydrogen (secondary N) is 1. The zero-order valence-electron chi connectivity index (χ0n) is 21.5. The number of rotatable bonds is 8. The lowest BCUT2D eigenvalue weighted by Gasteiger charge is -2.09. The fraction of sp³-hybridized carbons (Fsp3) is 0.0645. The molecule has 9 heteroatoms. The molecule has 0 unspecified atom stereocenters. The molecule has 8 nitrogen and oxygen atoms in total. The standard InChI is InChI=1S/C31H24ClN5O3/c1-40-26-14-8-13-25(19-26)33-27(38)20-28(39)37-31(22-11-6-3-7-12-22)30(29(36-37)21-9-4-2-5-10-21)35-34-24-17-15-23(32)16-18-24/h2-19H,20H2,1H3,(H,33,38). The second-order valence-electron chi connectivity index (χ2n) is 8.72. The Morgan fingerprint density at radius 1 is 0.850 bits per heavy atom. The molecule has 5 rings (SSSR count). The van der Waals surface area contributed by atoms with Crippen LogP contribution < -0.4 is 10.1 Å². The Balaban J connectivity index is 1.57. The van der Waals surface area contributed by atoms with Crippen LogP contribution in [0.5, 0.6) is 5.75 Å². The van der Waals surface area contributed by atoms with Crippen molar-refractivity contribution in [2.75, 3.05) is 12.4 Å². The van der Waals surface area contributed by atoms with Crippen molar-refractivity contribution >= 4 is 40.5 Å². The second-order valence-corrected chi connectivity index (χ2v) is 9.15. The number of halogens is 1. The van der Waals surface area contributed by atoms with Crippen molar-refractivity contribution in [3.63, 3.8) is 0 Å². The summed E-state index contributed by atoms with van der Waals surface area (Å²) >= 11 is 6.02. The average Bonchev–Trinajstić information content (AvgIpc) is 3.37. The molecule has 198 valence electrons. The highest BCUT2D eigenvalue weighted by Crippen LogP contribution is 2.40. The van der Waals surface area contributed by atoms with Crippen LogP contribution in [0.2, 0.25) is 5.02 Å². The van der Waals surface area contributed by atoms with Gasteiger partial charge in [0.1, 0.15) is 29.2 Å². The van der Waals surface area contributed by atoms with Gasteiger partial charge in [-0.15, -0.1) is 5.11 Å². The van der Waals surface area contributed by atoms with Gasteiger partial charge in [0.15, 0.2) is 0 Å². The summed E-state index contributed by atoms with van der Waals surface area (Å²) in [6, 6.07) is 32.5. The number of carbonyl (C=O) groups is 2. The Hall–Kier alpha value is -5.08. The van der Waals surface area contributed by atoms with Crippen molar-refractivity contribution in [3.8, 4) is 28.3 Å². The highest BCUT2D eigenvalue weighted by Gasteiger charge is 2.25. The smallest absolute Gasteiger partial charge is 0.256 e. The van der Waals surface area contributed by atoms with E-state index in [0.29, 0.717) is 44.8 Å². The van der Waals surface area contributed by atoms with Gasteiger partial charge in [0.25, 0.3) is 5.91 Å². The molecule has 0 radical (unpaired) electrons. The van der Waals surface area contributed by atoms with Crippen LogP contribution in [-0.4, -0.2) is 28.7 Å². The summed E-state index contributed by atoms with van der Waals surface area (Å²) in [7, 11) is 1.54. The SMILES string of the molecule is COc1cccc(NC(=O)CC(=O)n2nc(-c3ccccc3)c(N=Nc3ccc(Cl)cc3)c2-c2ccccc2)c1. The molecule has 0 aliphatic heterocycles. The first kappa shape index (κ1) is 26.5. The van der Waals surface area contributed by atoms with Crippen molar-refractivity contribution in [2.45, 2.75) is 6.42 Å². The molecule has 1 amide bonds. The van der Waals surface area contributed by atoms with Crippen LogP contribution in [0.1, 0.15) is 11.2 Å². The van der Waals surface area contributed by atoms with E-state index in [-0.39, 0.29) is 0 Å². The number of benzene rings is 4. The number of nitrogens with zero attached hydrogens (tertiary/aromatic N) is 4. The number of hydrogen-bond donors (Lipinski definition) is 1. The van der Waals surface area contributed by atoms with Gasteiger partial charge in [0.05, 0.1) is 12.8 Å². The Morgan fingerprint density at radius 2 is 1.52 bits per heavy atom. The largest absolute Gasteiger partial charge is 0.497 e. The molecule has 0 saturated heterocycles. The third kappa shape index (κ3) is 6.14. The van der Waals surface area contributed by atoms with Crippen molar-refractivity contribution in [1.82, 2.24) is 9.78 Å². The van der Waals surface area contributed by atoms with Crippen molar-refractivity contribution in [3.05, 3.63) is 114 Å². The predicted molar refractivity (Wildman–Crippen MR) is 156 cm³/mol. The van der Waals surface area contributed by atoms with Gasteiger partial charge in [-0.25, -0.2) is 0 Å². The molecule has 40 heavy (non-hydrogen) atoms. The van der Waals surface area contributed by atoms with Crippen molar-refractivity contribution in [1.29, 1.82) is 0 Å². The fourth-order valence-electron chi connectivity index (χ4n) is 4.06. The van der Waals surface area contributed by atoms with Crippen LogP contribution in [0.25, 0.3) is 22.5 Å². The van der Waals surface area contributed by atoms with E-state index in [4.69, 9.17) is 16.3 Å². The van der Waals surface area contributed by atoms with Gasteiger partial charge >= 0.3 is 0 Å². The molecule has 1 heterocycles. The Morgan fingerprint density at radius 3 is 2.20 bits per heavy atom. The summed E-state index contributed by atoms with van der Waals surface area (Å²) in [5.74, 6) is -0.423. The van der Waals surface area contributed by atoms with Crippen LogP contribution >= 0.6 is 11.6 Å². The molecular formula is C31H24ClN5O3. The van der Waals surface area contributed by atoms with E-state index in [1.807, 2.05) is 60.7 Å². The molecule has 4 aromatic carbocycles. The molecule has 1 aromatic heterocycles. The number of azo groups is 1. The zero-order valence-corrected chi connectivity index (χ0v) is 22.2. The van der Waals surface area contributed by atoms with Crippen LogP contribution in [0, 0.1) is 0 Å². The predicted octanol–water partition coefficient (Wildman–Crippen LogP) is 7.96. The number of amides is 1. The van der Waals surface area contributed by atoms with E-state index in [9.17, 15) is 9.59 Å². The number of aromatic nitrogens is 2. The van der Waals surface area contributed by atoms with Crippen LogP contribution in [0.4, 0.5) is 17.1 Å². The maximum absolute atomic E-state index is 13.6. The number of methoxy groups -OCH3 is 1. The molecule has 0 spiro atoms. The maximum Gasteiger partial charge on any atom is 0.256 e. The molecule has 1 N–H and O–H groups in total. The van der Waals surface area contributed by atoms with Gasteiger partial charge in [0.2, 0.25) is 5.91 Å². The molecule has 0 bridgehead atoms. The van der Waals surface area contributed by atoms with Gasteiger partial charge in [-0.1, -0.05) is 78.3 Å². The second kappa shape index (κ2) is 12.2. The van der Waals surface area contributed by atoms with E-state index in [1.54, 1.807) is 55.6 Å². The molecular weight excluding hydrogens is 526 g/mol. The average molecular weight is 550 g/mol. The minimum absolute atomic E-state index is 0.397. The molecule has 0 aliphatic carbocycles. The fourth-order valence-corrected chi connectivity index (χ4v) is 4.19. The van der Waals surface area contributed by atoms with Gasteiger partial charge in [-0.05, 0) is 36.4 Å². The Bertz CT molecular complexity index is 1670. The maximum atomic E-state index is 13.6. The van der Waals surface area contributed by atoms with Crippen LogP contribution in [0.15, 0.2) is 119 Å². The van der Waals surface area contributed by atoms with Crippen molar-refractivity contribution < 1.29 is 14.3 Å². The third-order valence-corrected chi connectivity index (χ3v) is 6.20. The quantitative estimate of drug-likeness (QED) is 0.157. The Labute approximate surface area is 235 Å². The van der Waals surface area contributed by atoms with E-state index < -0.39 is 18.2 Å². The van der Waals surface area contributed by atoms with E-state index >= 15 is 0 Å². The Kier molecular flexibility index (Phi) is 8.08. The molecule has 0 atom stereocenters. The van der Waals surface area contributed by atoms with Gasteiger partial charge in [-0.2, -0.15) is 14.9 Å². The van der Waals surface area contributed by atoms with E-state index in [0.717, 1.165) is 5.56 Å². The minimum Gasteiger partial charge on any atom is -0.497 e. The summed E-state index contributed by atoms with van der Waals surface area (Å²) in [4.78, 5) is 26.5. The molecule has 0 fully saturated rings. The number of anilines is 1. The topological polar surface area (TPSA) is 97.9 Å². The van der Waals surface area contributed by atoms with Crippen LogP contribution in [0.3, 0.4) is 0 Å². The molecule has 0 aliphatic rings. The number of ether oxygens (including phenoxy) is 1. The monoisotopic (exact) mass is 549 g/mol. The summed E-state index contributed by atoms with van der Waals surface area (Å²) in [6.45, 7) is 0. The van der Waals surface area contributed by atoms with E-state index in [1.165, 1.54) is 4.68 Å². The minimum atomic E-state index is -0.524. The lowest BCUT2D eigenvalue weighted by molar-refractivity contribution is -0.115. The number of hydrogen-bond acceptors (Lipinski definition) is 6. The zero-order chi connectivity index (χ0) is 27.9. The van der Waals surface area contributed by atoms with Gasteiger partial charge in [-0.3, -0.25) is 9.59 Å². The summed E-state index contributed by atoms with van der Waals surface area (Å²) in [5, 5.41) is 17.0. The summed E-state index contributed by atoms with van der Waals surface area (Å²) in [5.41, 5.74) is 3.83. The molecule has 0 saturated carbocycles. The summed E-state index contributed by atoms with van der Waals surface area (Å²) in [6.07, 6.45) is -0.444. The van der Waals surface area contributed by atoms with E-state index in [2.05, 4.69) is 20.6 Å². The molecule has 5 aromatic rings. The summed E-state index contributed by atoms with van der Waals surface area (Å²) < 4.78 is 6.45.